The molecule has 2 rings (SSSR count). The molecule has 1 aliphatic heterocycles. The number of halogens is 1. The molecule has 1 aromatic rings. The van der Waals surface area contributed by atoms with Crippen molar-refractivity contribution in [2.75, 3.05) is 31.1 Å². The summed E-state index contributed by atoms with van der Waals surface area (Å²) in [5, 5.41) is 9.37. The van der Waals surface area contributed by atoms with E-state index in [1.54, 1.807) is 18.0 Å². The third-order valence-electron chi connectivity index (χ3n) is 3.64. The second-order valence-corrected chi connectivity index (χ2v) is 7.16. The van der Waals surface area contributed by atoms with Gasteiger partial charge >= 0.3 is 6.09 Å². The van der Waals surface area contributed by atoms with Gasteiger partial charge in [0.05, 0.1) is 6.10 Å². The molecule has 6 nitrogen and oxygen atoms in total. The second kappa shape index (κ2) is 7.34. The SMILES string of the molecule is C[C@H](O)Cc1cnc(N2CCN(C(=O)OC(C)(C)C)CC2)c(F)c1. The summed E-state index contributed by atoms with van der Waals surface area (Å²) in [4.78, 5) is 19.7. The van der Waals surface area contributed by atoms with Gasteiger partial charge in [0, 0.05) is 32.4 Å². The fraction of sp³-hybridized carbons (Fsp3) is 0.647. The third-order valence-corrected chi connectivity index (χ3v) is 3.64. The Balaban J connectivity index is 1.96. The Labute approximate surface area is 142 Å². The number of aliphatic hydroxyl groups is 1. The van der Waals surface area contributed by atoms with Crippen molar-refractivity contribution in [3.8, 4) is 0 Å². The normalized spacial score (nSPS) is 16.9. The molecule has 1 aliphatic rings. The van der Waals surface area contributed by atoms with Gasteiger partial charge in [-0.1, -0.05) is 0 Å². The van der Waals surface area contributed by atoms with Crippen molar-refractivity contribution >= 4 is 11.9 Å². The second-order valence-electron chi connectivity index (χ2n) is 7.16. The lowest BCUT2D eigenvalue weighted by atomic mass is 10.1. The predicted molar refractivity (Wildman–Crippen MR) is 89.6 cm³/mol. The van der Waals surface area contributed by atoms with Crippen molar-refractivity contribution in [1.82, 2.24) is 9.88 Å². The minimum absolute atomic E-state index is 0.285. The fourth-order valence-corrected chi connectivity index (χ4v) is 2.58. The summed E-state index contributed by atoms with van der Waals surface area (Å²) in [5.74, 6) is -0.118. The number of aromatic nitrogens is 1. The molecule has 0 bridgehead atoms. The van der Waals surface area contributed by atoms with E-state index in [4.69, 9.17) is 4.74 Å². The third kappa shape index (κ3) is 5.06. The number of pyridine rings is 1. The molecule has 1 atom stereocenters. The van der Waals surface area contributed by atoms with E-state index in [-0.39, 0.29) is 11.9 Å². The van der Waals surface area contributed by atoms with Crippen LogP contribution in [0.1, 0.15) is 33.3 Å². The van der Waals surface area contributed by atoms with Gasteiger partial charge in [-0.05, 0) is 45.7 Å². The molecule has 0 unspecified atom stereocenters. The zero-order valence-corrected chi connectivity index (χ0v) is 14.8. The maximum Gasteiger partial charge on any atom is 0.410 e. The van der Waals surface area contributed by atoms with Gasteiger partial charge in [0.15, 0.2) is 11.6 Å². The van der Waals surface area contributed by atoms with E-state index >= 15 is 0 Å². The highest BCUT2D eigenvalue weighted by Gasteiger charge is 2.27. The Morgan fingerprint density at radius 3 is 2.50 bits per heavy atom. The van der Waals surface area contributed by atoms with Crippen molar-refractivity contribution in [2.24, 2.45) is 0 Å². The van der Waals surface area contributed by atoms with E-state index < -0.39 is 17.5 Å². The number of amides is 1. The summed E-state index contributed by atoms with van der Waals surface area (Å²) >= 11 is 0. The summed E-state index contributed by atoms with van der Waals surface area (Å²) in [6.45, 7) is 9.07. The Morgan fingerprint density at radius 1 is 1.38 bits per heavy atom. The largest absolute Gasteiger partial charge is 0.444 e. The van der Waals surface area contributed by atoms with Gasteiger partial charge in [0.1, 0.15) is 5.60 Å². The lowest BCUT2D eigenvalue weighted by Crippen LogP contribution is -2.50. The van der Waals surface area contributed by atoms with Gasteiger partial charge in [-0.2, -0.15) is 0 Å². The van der Waals surface area contributed by atoms with Crippen LogP contribution < -0.4 is 4.90 Å². The van der Waals surface area contributed by atoms with E-state index in [1.807, 2.05) is 25.7 Å². The summed E-state index contributed by atoms with van der Waals surface area (Å²) < 4.78 is 19.6. The van der Waals surface area contributed by atoms with Crippen LogP contribution in [-0.2, 0) is 11.2 Å². The van der Waals surface area contributed by atoms with E-state index in [0.29, 0.717) is 38.2 Å². The number of anilines is 1. The molecule has 1 aromatic heterocycles. The van der Waals surface area contributed by atoms with Gasteiger partial charge in [-0.3, -0.25) is 0 Å². The van der Waals surface area contributed by atoms with Gasteiger partial charge in [0.25, 0.3) is 0 Å². The molecule has 1 amide bonds. The molecule has 0 saturated carbocycles. The number of rotatable bonds is 3. The molecular formula is C17H26FN3O3. The van der Waals surface area contributed by atoms with Crippen LogP contribution in [0.2, 0.25) is 0 Å². The molecule has 134 valence electrons. The predicted octanol–water partition coefficient (Wildman–Crippen LogP) is 2.20. The van der Waals surface area contributed by atoms with Gasteiger partial charge in [0.2, 0.25) is 0 Å². The van der Waals surface area contributed by atoms with Gasteiger partial charge in [-0.25, -0.2) is 14.2 Å². The number of ether oxygens (including phenoxy) is 1. The molecule has 7 heteroatoms. The van der Waals surface area contributed by atoms with Crippen molar-refractivity contribution in [1.29, 1.82) is 0 Å². The molecule has 0 spiro atoms. The monoisotopic (exact) mass is 339 g/mol. The number of hydrogen-bond acceptors (Lipinski definition) is 5. The minimum atomic E-state index is -0.533. The topological polar surface area (TPSA) is 65.9 Å². The molecule has 24 heavy (non-hydrogen) atoms. The number of hydrogen-bond donors (Lipinski definition) is 1. The molecule has 0 aliphatic carbocycles. The molecular weight excluding hydrogens is 313 g/mol. The summed E-state index contributed by atoms with van der Waals surface area (Å²) in [5.41, 5.74) is 0.139. The average molecular weight is 339 g/mol. The van der Waals surface area contributed by atoms with E-state index in [2.05, 4.69) is 4.98 Å². The first-order valence-corrected chi connectivity index (χ1v) is 8.21. The minimum Gasteiger partial charge on any atom is -0.444 e. The Hall–Kier alpha value is -1.89. The Morgan fingerprint density at radius 2 is 2.00 bits per heavy atom. The molecule has 0 radical (unpaired) electrons. The first-order chi connectivity index (χ1) is 11.2. The average Bonchev–Trinajstić information content (AvgIpc) is 2.45. The highest BCUT2D eigenvalue weighted by molar-refractivity contribution is 5.68. The summed E-state index contributed by atoms with van der Waals surface area (Å²) in [7, 11) is 0. The van der Waals surface area contributed by atoms with Crippen molar-refractivity contribution < 1.29 is 19.0 Å². The number of nitrogens with zero attached hydrogens (tertiary/aromatic N) is 3. The number of piperazine rings is 1. The van der Waals surface area contributed by atoms with Crippen LogP contribution in [0.5, 0.6) is 0 Å². The smallest absolute Gasteiger partial charge is 0.410 e. The quantitative estimate of drug-likeness (QED) is 0.914. The van der Waals surface area contributed by atoms with Crippen LogP contribution in [0.25, 0.3) is 0 Å². The van der Waals surface area contributed by atoms with Crippen LogP contribution in [0, 0.1) is 5.82 Å². The van der Waals surface area contributed by atoms with Crippen LogP contribution in [0.4, 0.5) is 15.0 Å². The molecule has 2 heterocycles. The van der Waals surface area contributed by atoms with Crippen LogP contribution >= 0.6 is 0 Å². The van der Waals surface area contributed by atoms with Gasteiger partial charge in [-0.15, -0.1) is 0 Å². The highest BCUT2D eigenvalue weighted by atomic mass is 19.1. The van der Waals surface area contributed by atoms with Crippen molar-refractivity contribution in [3.63, 3.8) is 0 Å². The highest BCUT2D eigenvalue weighted by Crippen LogP contribution is 2.20. The zero-order valence-electron chi connectivity index (χ0n) is 14.8. The molecule has 1 N–H and O–H groups in total. The Kier molecular flexibility index (Phi) is 5.64. The van der Waals surface area contributed by atoms with Gasteiger partial charge < -0.3 is 19.6 Å². The number of carbonyl (C=O) groups is 1. The maximum absolute atomic E-state index is 14.3. The molecule has 1 fully saturated rings. The zero-order chi connectivity index (χ0) is 17.9. The van der Waals surface area contributed by atoms with Crippen molar-refractivity contribution in [2.45, 2.75) is 45.8 Å². The van der Waals surface area contributed by atoms with Crippen LogP contribution in [0.3, 0.4) is 0 Å². The first-order valence-electron chi connectivity index (χ1n) is 8.21. The van der Waals surface area contributed by atoms with E-state index in [9.17, 15) is 14.3 Å². The summed E-state index contributed by atoms with van der Waals surface area (Å²) in [6.07, 6.45) is 1.08. The maximum atomic E-state index is 14.3. The summed E-state index contributed by atoms with van der Waals surface area (Å²) in [6, 6.07) is 1.41. The fourth-order valence-electron chi connectivity index (χ4n) is 2.58. The van der Waals surface area contributed by atoms with E-state index in [1.165, 1.54) is 6.07 Å². The lowest BCUT2D eigenvalue weighted by molar-refractivity contribution is 0.0240. The molecule has 1 saturated heterocycles. The van der Waals surface area contributed by atoms with E-state index in [0.717, 1.165) is 0 Å². The van der Waals surface area contributed by atoms with Crippen LogP contribution in [-0.4, -0.2) is 59.0 Å². The number of aliphatic hydroxyl groups excluding tert-OH is 1. The van der Waals surface area contributed by atoms with Crippen LogP contribution in [0.15, 0.2) is 12.3 Å². The number of carbonyl (C=O) groups excluding carboxylic acids is 1. The standard InChI is InChI=1S/C17H26FN3O3/c1-12(22)9-13-10-14(18)15(19-11-13)20-5-7-21(8-6-20)16(23)24-17(2,3)4/h10-12,22H,5-9H2,1-4H3/t12-/m0/s1. The first kappa shape index (κ1) is 18.4. The lowest BCUT2D eigenvalue weighted by Gasteiger charge is -2.36. The molecule has 0 aromatic carbocycles. The van der Waals surface area contributed by atoms with Crippen molar-refractivity contribution in [3.05, 3.63) is 23.6 Å². The Bertz CT molecular complexity index is 579.